The minimum atomic E-state index is -0.280. The molecular weight excluding hydrogens is 454 g/mol. The van der Waals surface area contributed by atoms with Gasteiger partial charge in [-0.1, -0.05) is 12.8 Å². The lowest BCUT2D eigenvalue weighted by molar-refractivity contribution is 0.0601. The number of ether oxygens (including phenoxy) is 1. The van der Waals surface area contributed by atoms with E-state index < -0.39 is 0 Å². The molecule has 4 rings (SSSR count). The summed E-state index contributed by atoms with van der Waals surface area (Å²) >= 11 is 7.40. The zero-order chi connectivity index (χ0) is 23.4. The number of aryl methyl sites for hydroxylation is 1. The van der Waals surface area contributed by atoms with Gasteiger partial charge in [-0.05, 0) is 74.7 Å². The highest BCUT2D eigenvalue weighted by atomic mass is 32.1. The van der Waals surface area contributed by atoms with E-state index in [0.717, 1.165) is 73.7 Å². The van der Waals surface area contributed by atoms with Gasteiger partial charge in [0.1, 0.15) is 5.00 Å². The monoisotopic (exact) mass is 485 g/mol. The van der Waals surface area contributed by atoms with E-state index in [1.54, 1.807) is 18.3 Å². The summed E-state index contributed by atoms with van der Waals surface area (Å²) in [4.78, 5) is 29.9. The van der Waals surface area contributed by atoms with Gasteiger partial charge in [0.05, 0.1) is 12.7 Å². The SMILES string of the molecule is COC(=O)c1c(NC(=S)N2CCN(c3ccc(C(C)=O)cc3)CC2)sc2c1CCCCCC2. The second-order valence-electron chi connectivity index (χ2n) is 8.62. The molecule has 2 aromatic rings. The van der Waals surface area contributed by atoms with E-state index in [1.165, 1.54) is 24.8 Å². The molecule has 2 heterocycles. The summed E-state index contributed by atoms with van der Waals surface area (Å²) in [6, 6.07) is 7.78. The molecule has 0 spiro atoms. The van der Waals surface area contributed by atoms with Crippen molar-refractivity contribution in [3.05, 3.63) is 45.8 Å². The molecular formula is C25H31N3O3S2. The highest BCUT2D eigenvalue weighted by Crippen LogP contribution is 2.37. The van der Waals surface area contributed by atoms with E-state index in [2.05, 4.69) is 15.1 Å². The van der Waals surface area contributed by atoms with Gasteiger partial charge in [0.15, 0.2) is 10.9 Å². The molecule has 1 N–H and O–H groups in total. The predicted octanol–water partition coefficient (Wildman–Crippen LogP) is 4.92. The Morgan fingerprint density at radius 3 is 2.30 bits per heavy atom. The minimum absolute atomic E-state index is 0.0793. The van der Waals surface area contributed by atoms with Crippen molar-refractivity contribution in [2.45, 2.75) is 45.4 Å². The zero-order valence-electron chi connectivity index (χ0n) is 19.3. The molecule has 176 valence electrons. The molecule has 1 saturated heterocycles. The first-order chi connectivity index (χ1) is 16.0. The fraction of sp³-hybridized carbons (Fsp3) is 0.480. The highest BCUT2D eigenvalue weighted by Gasteiger charge is 2.27. The molecule has 0 unspecified atom stereocenters. The van der Waals surface area contributed by atoms with E-state index in [1.807, 2.05) is 24.3 Å². The van der Waals surface area contributed by atoms with E-state index >= 15 is 0 Å². The van der Waals surface area contributed by atoms with E-state index in [4.69, 9.17) is 17.0 Å². The summed E-state index contributed by atoms with van der Waals surface area (Å²) in [7, 11) is 1.44. The number of esters is 1. The number of fused-ring (bicyclic) bond motifs is 1. The number of methoxy groups -OCH3 is 1. The Balaban J connectivity index is 1.43. The Morgan fingerprint density at radius 2 is 1.67 bits per heavy atom. The largest absolute Gasteiger partial charge is 0.465 e. The van der Waals surface area contributed by atoms with Crippen molar-refractivity contribution in [3.63, 3.8) is 0 Å². The zero-order valence-corrected chi connectivity index (χ0v) is 20.9. The minimum Gasteiger partial charge on any atom is -0.465 e. The molecule has 2 aliphatic rings. The van der Waals surface area contributed by atoms with Crippen LogP contribution in [0, 0.1) is 0 Å². The van der Waals surface area contributed by atoms with Crippen LogP contribution in [0.15, 0.2) is 24.3 Å². The second-order valence-corrected chi connectivity index (χ2v) is 10.1. The van der Waals surface area contributed by atoms with Crippen LogP contribution >= 0.6 is 23.6 Å². The lowest BCUT2D eigenvalue weighted by atomic mass is 9.96. The molecule has 1 aliphatic heterocycles. The summed E-state index contributed by atoms with van der Waals surface area (Å²) in [6.07, 6.45) is 6.65. The molecule has 0 bridgehead atoms. The number of benzene rings is 1. The van der Waals surface area contributed by atoms with Gasteiger partial charge in [0, 0.05) is 42.3 Å². The molecule has 33 heavy (non-hydrogen) atoms. The molecule has 1 aliphatic carbocycles. The van der Waals surface area contributed by atoms with Crippen molar-refractivity contribution in [2.24, 2.45) is 0 Å². The Labute approximate surface area is 204 Å². The number of thiophene rings is 1. The van der Waals surface area contributed by atoms with Crippen molar-refractivity contribution >= 4 is 51.1 Å². The van der Waals surface area contributed by atoms with Crippen molar-refractivity contribution in [1.29, 1.82) is 0 Å². The summed E-state index contributed by atoms with van der Waals surface area (Å²) in [5.74, 6) is -0.201. The first kappa shape index (κ1) is 23.7. The fourth-order valence-corrected chi connectivity index (χ4v) is 6.20. The Bertz CT molecular complexity index is 1020. The van der Waals surface area contributed by atoms with Gasteiger partial charge >= 0.3 is 5.97 Å². The van der Waals surface area contributed by atoms with Crippen LogP contribution in [0.3, 0.4) is 0 Å². The van der Waals surface area contributed by atoms with Gasteiger partial charge in [0.2, 0.25) is 0 Å². The van der Waals surface area contributed by atoms with Crippen LogP contribution in [-0.2, 0) is 17.6 Å². The number of anilines is 2. The Morgan fingerprint density at radius 1 is 1.00 bits per heavy atom. The second kappa shape index (κ2) is 10.7. The van der Waals surface area contributed by atoms with Crippen LogP contribution in [0.25, 0.3) is 0 Å². The van der Waals surface area contributed by atoms with E-state index in [-0.39, 0.29) is 11.8 Å². The molecule has 0 amide bonds. The molecule has 0 atom stereocenters. The van der Waals surface area contributed by atoms with Crippen molar-refractivity contribution in [1.82, 2.24) is 4.90 Å². The van der Waals surface area contributed by atoms with Gasteiger partial charge in [-0.25, -0.2) is 4.79 Å². The maximum absolute atomic E-state index is 12.6. The smallest absolute Gasteiger partial charge is 0.341 e. The maximum Gasteiger partial charge on any atom is 0.341 e. The number of nitrogens with one attached hydrogen (secondary N) is 1. The number of thiocarbonyl (C=S) groups is 1. The molecule has 1 aromatic heterocycles. The van der Waals surface area contributed by atoms with Gasteiger partial charge in [0.25, 0.3) is 0 Å². The lowest BCUT2D eigenvalue weighted by Gasteiger charge is -2.37. The number of ketones is 1. The van der Waals surface area contributed by atoms with Gasteiger partial charge in [-0.15, -0.1) is 11.3 Å². The number of carbonyl (C=O) groups excluding carboxylic acids is 2. The first-order valence-electron chi connectivity index (χ1n) is 11.6. The number of hydrogen-bond donors (Lipinski definition) is 1. The molecule has 1 fully saturated rings. The summed E-state index contributed by atoms with van der Waals surface area (Å²) < 4.78 is 5.13. The number of piperazine rings is 1. The van der Waals surface area contributed by atoms with Crippen molar-refractivity contribution < 1.29 is 14.3 Å². The summed E-state index contributed by atoms with van der Waals surface area (Å²) in [5.41, 5.74) is 3.67. The molecule has 0 radical (unpaired) electrons. The van der Waals surface area contributed by atoms with Crippen LogP contribution in [0.1, 0.15) is 63.8 Å². The standard InChI is InChI=1S/C25H31N3O3S2/c1-17(29)18-9-11-19(12-10-18)27-13-15-28(16-14-27)25(32)26-23-22(24(30)31-2)20-7-5-3-4-6-8-21(20)33-23/h9-12H,3-8,13-16H2,1-2H3,(H,26,32). The van der Waals surface area contributed by atoms with Crippen LogP contribution < -0.4 is 10.2 Å². The highest BCUT2D eigenvalue weighted by molar-refractivity contribution is 7.80. The van der Waals surface area contributed by atoms with E-state index in [9.17, 15) is 9.59 Å². The van der Waals surface area contributed by atoms with Crippen molar-refractivity contribution in [3.8, 4) is 0 Å². The number of nitrogens with zero attached hydrogens (tertiary/aromatic N) is 2. The maximum atomic E-state index is 12.6. The molecule has 1 aromatic carbocycles. The lowest BCUT2D eigenvalue weighted by Crippen LogP contribution is -2.50. The predicted molar refractivity (Wildman–Crippen MR) is 138 cm³/mol. The van der Waals surface area contributed by atoms with Crippen LogP contribution in [0.4, 0.5) is 10.7 Å². The van der Waals surface area contributed by atoms with Crippen LogP contribution in [0.5, 0.6) is 0 Å². The normalized spacial score (nSPS) is 16.4. The average Bonchev–Trinajstić information content (AvgIpc) is 3.14. The topological polar surface area (TPSA) is 61.9 Å². The number of Topliss-reactive ketones (excluding diaryl/α,β-unsaturated/α-hetero) is 1. The van der Waals surface area contributed by atoms with Crippen LogP contribution in [-0.4, -0.2) is 55.1 Å². The number of carbonyl (C=O) groups is 2. The average molecular weight is 486 g/mol. The van der Waals surface area contributed by atoms with Crippen molar-refractivity contribution in [2.75, 3.05) is 43.5 Å². The van der Waals surface area contributed by atoms with Gasteiger partial charge in [-0.2, -0.15) is 0 Å². The quantitative estimate of drug-likeness (QED) is 0.375. The van der Waals surface area contributed by atoms with Crippen LogP contribution in [0.2, 0.25) is 0 Å². The summed E-state index contributed by atoms with van der Waals surface area (Å²) in [6.45, 7) is 4.84. The Kier molecular flexibility index (Phi) is 7.65. The van der Waals surface area contributed by atoms with E-state index in [0.29, 0.717) is 10.7 Å². The third kappa shape index (κ3) is 5.38. The third-order valence-corrected chi connectivity index (χ3v) is 8.05. The Hall–Kier alpha value is -2.45. The number of rotatable bonds is 4. The van der Waals surface area contributed by atoms with Gasteiger partial charge in [-0.3, -0.25) is 4.79 Å². The summed E-state index contributed by atoms with van der Waals surface area (Å²) in [5, 5.41) is 4.86. The van der Waals surface area contributed by atoms with Gasteiger partial charge < -0.3 is 19.9 Å². The third-order valence-electron chi connectivity index (χ3n) is 6.49. The molecule has 0 saturated carbocycles. The molecule has 8 heteroatoms. The fourth-order valence-electron chi connectivity index (χ4n) is 4.58. The first-order valence-corrected chi connectivity index (χ1v) is 12.8. The number of hydrogen-bond acceptors (Lipinski definition) is 6. The molecule has 6 nitrogen and oxygen atoms in total.